The van der Waals surface area contributed by atoms with E-state index in [1.807, 2.05) is 20.8 Å². The number of rotatable bonds is 3. The third kappa shape index (κ3) is 3.69. The summed E-state index contributed by atoms with van der Waals surface area (Å²) in [6.45, 7) is 6.49. The van der Waals surface area contributed by atoms with Crippen molar-refractivity contribution in [1.29, 1.82) is 0 Å². The smallest absolute Gasteiger partial charge is 0.251 e. The van der Waals surface area contributed by atoms with Crippen LogP contribution in [0, 0.1) is 0 Å². The molecule has 0 spiro atoms. The van der Waals surface area contributed by atoms with Crippen LogP contribution in [0.5, 0.6) is 0 Å². The molecular formula is C14H21N5O2. The zero-order chi connectivity index (χ0) is 15.6. The summed E-state index contributed by atoms with van der Waals surface area (Å²) in [7, 11) is 0. The lowest BCUT2D eigenvalue weighted by Crippen LogP contribution is -2.36. The van der Waals surface area contributed by atoms with E-state index in [1.165, 1.54) is 0 Å². The van der Waals surface area contributed by atoms with Crippen LogP contribution in [0.25, 0.3) is 0 Å². The van der Waals surface area contributed by atoms with Crippen molar-refractivity contribution in [3.05, 3.63) is 23.4 Å². The van der Waals surface area contributed by atoms with Gasteiger partial charge < -0.3 is 16.1 Å². The first-order valence-corrected chi connectivity index (χ1v) is 6.86. The predicted octanol–water partition coefficient (Wildman–Crippen LogP) is 0.283. The lowest BCUT2D eigenvalue weighted by Gasteiger charge is -2.20. The minimum absolute atomic E-state index is 0.0466. The highest BCUT2D eigenvalue weighted by atomic mass is 16.2. The maximum atomic E-state index is 12.3. The van der Waals surface area contributed by atoms with E-state index >= 15 is 0 Å². The number of nitrogen functional groups attached to an aromatic ring is 1. The van der Waals surface area contributed by atoms with Crippen molar-refractivity contribution >= 4 is 17.6 Å². The molecule has 1 atom stereocenters. The Morgan fingerprint density at radius 1 is 1.43 bits per heavy atom. The Morgan fingerprint density at radius 2 is 2.14 bits per heavy atom. The van der Waals surface area contributed by atoms with Crippen LogP contribution in [-0.4, -0.2) is 29.4 Å². The highest BCUT2D eigenvalue weighted by Gasteiger charge is 2.24. The maximum Gasteiger partial charge on any atom is 0.251 e. The number of anilines is 1. The van der Waals surface area contributed by atoms with Crippen LogP contribution in [0.4, 0.5) is 5.82 Å². The molecule has 1 aliphatic rings. The van der Waals surface area contributed by atoms with Gasteiger partial charge in [0.15, 0.2) is 0 Å². The van der Waals surface area contributed by atoms with Gasteiger partial charge in [0.05, 0.1) is 6.04 Å². The molecular weight excluding hydrogens is 270 g/mol. The van der Waals surface area contributed by atoms with Crippen molar-refractivity contribution in [2.75, 3.05) is 12.0 Å². The molecule has 1 aliphatic heterocycles. The van der Waals surface area contributed by atoms with E-state index in [2.05, 4.69) is 21.0 Å². The van der Waals surface area contributed by atoms with Crippen molar-refractivity contribution in [1.82, 2.24) is 15.6 Å². The van der Waals surface area contributed by atoms with Gasteiger partial charge in [-0.25, -0.2) is 10.8 Å². The molecule has 2 heterocycles. The molecule has 21 heavy (non-hydrogen) atoms. The molecule has 0 saturated carbocycles. The normalized spacial score (nSPS) is 18.3. The summed E-state index contributed by atoms with van der Waals surface area (Å²) in [5.74, 6) is 5.57. The summed E-state index contributed by atoms with van der Waals surface area (Å²) >= 11 is 0. The van der Waals surface area contributed by atoms with Crippen LogP contribution in [-0.2, 0) is 10.2 Å². The topological polar surface area (TPSA) is 109 Å². The van der Waals surface area contributed by atoms with E-state index in [1.54, 1.807) is 12.1 Å². The SMILES string of the molecule is CC(C)(C)c1cc(C(=O)NC2CNC(=O)C2)cc(NN)n1. The van der Waals surface area contributed by atoms with Gasteiger partial charge >= 0.3 is 0 Å². The molecule has 2 rings (SSSR count). The Labute approximate surface area is 123 Å². The van der Waals surface area contributed by atoms with E-state index < -0.39 is 0 Å². The number of hydrazine groups is 1. The van der Waals surface area contributed by atoms with Crippen molar-refractivity contribution < 1.29 is 9.59 Å². The van der Waals surface area contributed by atoms with Gasteiger partial charge in [0, 0.05) is 29.6 Å². The first kappa shape index (κ1) is 15.2. The zero-order valence-electron chi connectivity index (χ0n) is 12.5. The van der Waals surface area contributed by atoms with E-state index in [-0.39, 0.29) is 23.3 Å². The number of nitrogens with two attached hydrogens (primary N) is 1. The lowest BCUT2D eigenvalue weighted by molar-refractivity contribution is -0.119. The largest absolute Gasteiger partial charge is 0.354 e. The number of nitrogens with zero attached hydrogens (tertiary/aromatic N) is 1. The number of hydrogen-bond acceptors (Lipinski definition) is 5. The molecule has 1 saturated heterocycles. The second-order valence-corrected chi connectivity index (χ2v) is 6.20. The molecule has 5 N–H and O–H groups in total. The van der Waals surface area contributed by atoms with E-state index in [4.69, 9.17) is 5.84 Å². The van der Waals surface area contributed by atoms with Gasteiger partial charge in [-0.2, -0.15) is 0 Å². The number of hydrogen-bond donors (Lipinski definition) is 4. The average molecular weight is 291 g/mol. The molecule has 0 bridgehead atoms. The van der Waals surface area contributed by atoms with Crippen LogP contribution in [0.15, 0.2) is 12.1 Å². The van der Waals surface area contributed by atoms with Crippen LogP contribution < -0.4 is 21.9 Å². The predicted molar refractivity (Wildman–Crippen MR) is 79.6 cm³/mol. The Kier molecular flexibility index (Phi) is 4.13. The molecule has 7 heteroatoms. The standard InChI is InChI=1S/C14H21N5O2/c1-14(2,3)10-4-8(5-11(18-10)19-15)13(21)17-9-6-12(20)16-7-9/h4-5,9H,6-7,15H2,1-3H3,(H,16,20)(H,17,21)(H,18,19). The van der Waals surface area contributed by atoms with Crippen molar-refractivity contribution in [3.63, 3.8) is 0 Å². The minimum atomic E-state index is -0.235. The molecule has 0 radical (unpaired) electrons. The van der Waals surface area contributed by atoms with Crippen LogP contribution in [0.1, 0.15) is 43.2 Å². The molecule has 1 unspecified atom stereocenters. The Morgan fingerprint density at radius 3 is 2.67 bits per heavy atom. The highest BCUT2D eigenvalue weighted by molar-refractivity contribution is 5.95. The average Bonchev–Trinajstić information content (AvgIpc) is 2.82. The van der Waals surface area contributed by atoms with Crippen LogP contribution in [0.3, 0.4) is 0 Å². The van der Waals surface area contributed by atoms with Crippen molar-refractivity contribution in [2.45, 2.75) is 38.6 Å². The Bertz CT molecular complexity index is 565. The van der Waals surface area contributed by atoms with Crippen molar-refractivity contribution in [3.8, 4) is 0 Å². The molecule has 1 aromatic heterocycles. The van der Waals surface area contributed by atoms with Gasteiger partial charge in [-0.3, -0.25) is 9.59 Å². The lowest BCUT2D eigenvalue weighted by atomic mass is 9.90. The van der Waals surface area contributed by atoms with Gasteiger partial charge in [-0.15, -0.1) is 0 Å². The number of carbonyl (C=O) groups excluding carboxylic acids is 2. The zero-order valence-corrected chi connectivity index (χ0v) is 12.5. The number of aromatic nitrogens is 1. The monoisotopic (exact) mass is 291 g/mol. The van der Waals surface area contributed by atoms with E-state index in [0.29, 0.717) is 24.3 Å². The first-order valence-electron chi connectivity index (χ1n) is 6.86. The molecule has 0 aliphatic carbocycles. The van der Waals surface area contributed by atoms with Gasteiger partial charge in [0.2, 0.25) is 5.91 Å². The van der Waals surface area contributed by atoms with Gasteiger partial charge in [-0.1, -0.05) is 20.8 Å². The van der Waals surface area contributed by atoms with Crippen LogP contribution >= 0.6 is 0 Å². The van der Waals surface area contributed by atoms with Gasteiger partial charge in [0.25, 0.3) is 5.91 Å². The fourth-order valence-corrected chi connectivity index (χ4v) is 2.10. The van der Waals surface area contributed by atoms with E-state index in [0.717, 1.165) is 5.69 Å². The second-order valence-electron chi connectivity index (χ2n) is 6.20. The molecule has 2 amide bonds. The summed E-state index contributed by atoms with van der Waals surface area (Å²) in [4.78, 5) is 27.8. The molecule has 114 valence electrons. The number of carbonyl (C=O) groups is 2. The van der Waals surface area contributed by atoms with Gasteiger partial charge in [0.1, 0.15) is 5.82 Å². The number of nitrogens with one attached hydrogen (secondary N) is 3. The fraction of sp³-hybridized carbons (Fsp3) is 0.500. The summed E-state index contributed by atoms with van der Waals surface area (Å²) in [5.41, 5.74) is 3.52. The molecule has 0 aromatic carbocycles. The second kappa shape index (κ2) is 5.69. The minimum Gasteiger partial charge on any atom is -0.354 e. The van der Waals surface area contributed by atoms with Crippen molar-refractivity contribution in [2.24, 2.45) is 5.84 Å². The summed E-state index contributed by atoms with van der Waals surface area (Å²) < 4.78 is 0. The third-order valence-electron chi connectivity index (χ3n) is 3.32. The molecule has 7 nitrogen and oxygen atoms in total. The first-order chi connectivity index (χ1) is 9.79. The Balaban J connectivity index is 2.21. The molecule has 1 aromatic rings. The summed E-state index contributed by atoms with van der Waals surface area (Å²) in [6, 6.07) is 3.17. The Hall–Kier alpha value is -2.15. The maximum absolute atomic E-state index is 12.3. The quantitative estimate of drug-likeness (QED) is 0.472. The third-order valence-corrected chi connectivity index (χ3v) is 3.32. The van der Waals surface area contributed by atoms with Crippen LogP contribution in [0.2, 0.25) is 0 Å². The van der Waals surface area contributed by atoms with E-state index in [9.17, 15) is 9.59 Å². The number of pyridine rings is 1. The summed E-state index contributed by atoms with van der Waals surface area (Å²) in [6.07, 6.45) is 0.310. The molecule has 1 fully saturated rings. The van der Waals surface area contributed by atoms with Gasteiger partial charge in [-0.05, 0) is 12.1 Å². The number of amides is 2. The highest BCUT2D eigenvalue weighted by Crippen LogP contribution is 2.23. The fourth-order valence-electron chi connectivity index (χ4n) is 2.10. The summed E-state index contributed by atoms with van der Waals surface area (Å²) in [5, 5.41) is 5.52.